The van der Waals surface area contributed by atoms with E-state index < -0.39 is 52.3 Å². The van der Waals surface area contributed by atoms with Crippen LogP contribution < -0.4 is 30.9 Å². The maximum absolute atomic E-state index is 16.2. The van der Waals surface area contributed by atoms with Crippen molar-refractivity contribution < 1.29 is 42.1 Å². The van der Waals surface area contributed by atoms with Crippen molar-refractivity contribution in [1.82, 2.24) is 30.4 Å². The van der Waals surface area contributed by atoms with Gasteiger partial charge in [-0.25, -0.2) is 23.4 Å². The molecule has 82 heavy (non-hydrogen) atoms. The van der Waals surface area contributed by atoms with Gasteiger partial charge in [0.1, 0.15) is 28.6 Å². The first-order valence-electron chi connectivity index (χ1n) is 27.5. The molecule has 3 heterocycles. The second kappa shape index (κ2) is 28.5. The lowest BCUT2D eigenvalue weighted by molar-refractivity contribution is -0.118. The Bertz CT molecular complexity index is 3150. The van der Waals surface area contributed by atoms with Gasteiger partial charge in [-0.05, 0) is 91.1 Å². The van der Waals surface area contributed by atoms with Crippen LogP contribution in [0.5, 0.6) is 5.75 Å². The lowest BCUT2D eigenvalue weighted by atomic mass is 9.62. The molecule has 2 aromatic heterocycles. The second-order valence-electron chi connectivity index (χ2n) is 21.9. The van der Waals surface area contributed by atoms with Crippen LogP contribution >= 0.6 is 23.2 Å². The Hall–Kier alpha value is -6.76. The van der Waals surface area contributed by atoms with Crippen LogP contribution in [0.4, 0.5) is 26.2 Å². The molecular formula is C61H72Cl2F2N10O7. The number of nitriles is 1. The smallest absolute Gasteiger partial charge is 0.251 e. The molecule has 6 aromatic rings. The first kappa shape index (κ1) is 61.3. The van der Waals surface area contributed by atoms with Crippen LogP contribution in [0.15, 0.2) is 103 Å². The Kier molecular flexibility index (Phi) is 21.3. The van der Waals surface area contributed by atoms with Crippen molar-refractivity contribution in [3.05, 3.63) is 147 Å². The SMILES string of the molecule is COc1cc(C(=O)NCCOCCOCCOCCO[C@H]2CC[C@H](Nc3nccc(-c4cnn(Cc5ccccc5)c4N(C)C)n3)CC2)ccc1NC(=O)[C@@H]1NC(CC(C)(C)C)[C@](C#N)(c2ccc(Cl)cc2F)C1c1cccc(Cl)c1F. The van der Waals surface area contributed by atoms with Crippen LogP contribution in [-0.2, 0) is 35.7 Å². The van der Waals surface area contributed by atoms with E-state index in [9.17, 15) is 14.9 Å². The number of hydrogen-bond acceptors (Lipinski definition) is 14. The summed E-state index contributed by atoms with van der Waals surface area (Å²) in [5.41, 5.74) is 1.07. The summed E-state index contributed by atoms with van der Waals surface area (Å²) in [7, 11) is 5.42. The monoisotopic (exact) mass is 1160 g/mol. The first-order chi connectivity index (χ1) is 39.5. The van der Waals surface area contributed by atoms with Crippen molar-refractivity contribution >= 4 is 52.5 Å². The number of hydrogen-bond donors (Lipinski definition) is 4. The van der Waals surface area contributed by atoms with E-state index in [0.717, 1.165) is 48.8 Å². The lowest BCUT2D eigenvalue weighted by Crippen LogP contribution is -2.45. The summed E-state index contributed by atoms with van der Waals surface area (Å²) < 4.78 is 63.1. The van der Waals surface area contributed by atoms with E-state index in [-0.39, 0.29) is 63.5 Å². The van der Waals surface area contributed by atoms with Gasteiger partial charge in [0, 0.05) is 61.0 Å². The highest BCUT2D eigenvalue weighted by atomic mass is 35.5. The van der Waals surface area contributed by atoms with Gasteiger partial charge in [0.15, 0.2) is 0 Å². The van der Waals surface area contributed by atoms with Crippen molar-refractivity contribution in [2.75, 3.05) is 89.5 Å². The molecule has 1 saturated heterocycles. The highest BCUT2D eigenvalue weighted by molar-refractivity contribution is 6.31. The van der Waals surface area contributed by atoms with Gasteiger partial charge in [-0.3, -0.25) is 9.59 Å². The normalized spacial score (nSPS) is 19.8. The molecule has 21 heteroatoms. The largest absolute Gasteiger partial charge is 0.495 e. The number of benzene rings is 4. The fraction of sp³-hybridized carbons (Fsp3) is 0.443. The van der Waals surface area contributed by atoms with Crippen LogP contribution in [-0.4, -0.2) is 130 Å². The third-order valence-corrected chi connectivity index (χ3v) is 15.2. The zero-order chi connectivity index (χ0) is 58.4. The Labute approximate surface area is 488 Å². The number of methoxy groups -OCH3 is 1. The van der Waals surface area contributed by atoms with E-state index in [2.05, 4.69) is 49.4 Å². The molecule has 4 aromatic carbocycles. The second-order valence-corrected chi connectivity index (χ2v) is 22.7. The number of amides is 2. The fourth-order valence-corrected chi connectivity index (χ4v) is 11.2. The summed E-state index contributed by atoms with van der Waals surface area (Å²) in [4.78, 5) is 39.2. The first-order valence-corrected chi connectivity index (χ1v) is 28.3. The lowest BCUT2D eigenvalue weighted by Gasteiger charge is -2.37. The molecule has 17 nitrogen and oxygen atoms in total. The van der Waals surface area contributed by atoms with Gasteiger partial charge < -0.3 is 49.9 Å². The number of carbonyl (C=O) groups is 2. The van der Waals surface area contributed by atoms with Crippen LogP contribution in [0.25, 0.3) is 11.3 Å². The van der Waals surface area contributed by atoms with Gasteiger partial charge in [0.05, 0.1) is 106 Å². The van der Waals surface area contributed by atoms with Crippen molar-refractivity contribution in [3.63, 3.8) is 0 Å². The van der Waals surface area contributed by atoms with Crippen molar-refractivity contribution in [2.24, 2.45) is 5.41 Å². The number of nitrogens with one attached hydrogen (secondary N) is 4. The number of halogens is 4. The van der Waals surface area contributed by atoms with E-state index in [4.69, 9.17) is 57.0 Å². The van der Waals surface area contributed by atoms with Gasteiger partial charge in [0.25, 0.3) is 5.91 Å². The summed E-state index contributed by atoms with van der Waals surface area (Å²) in [5.74, 6) is -2.20. The number of nitrogens with zero attached hydrogens (tertiary/aromatic N) is 6. The maximum atomic E-state index is 16.2. The van der Waals surface area contributed by atoms with Crippen molar-refractivity contribution in [3.8, 4) is 23.1 Å². The summed E-state index contributed by atoms with van der Waals surface area (Å²) in [6.07, 6.45) is 7.85. The molecule has 1 aliphatic heterocycles. The van der Waals surface area contributed by atoms with Gasteiger partial charge in [-0.1, -0.05) is 92.5 Å². The molecule has 0 radical (unpaired) electrons. The van der Waals surface area contributed by atoms with E-state index in [0.29, 0.717) is 58.6 Å². The molecule has 2 fully saturated rings. The molecule has 1 saturated carbocycles. The standard InChI is InChI=1S/C61H72Cl2F2N10O7/c1-60(2,3)35-52-61(38-66,46-21-16-41(62)34-48(46)64)53(44-13-10-14-47(63)54(44)65)55(73-52)57(77)71-50-22-15-40(33-51(50)78-6)56(76)67-25-26-79-27-28-80-29-30-81-31-32-82-43-19-17-42(18-20-43)70-59-68-24-23-49(72-59)45-36-69-75(58(45)74(4)5)37-39-11-8-7-9-12-39/h7-16,21-24,33-34,36,42-43,52-53,55,73H,17-20,25-32,35,37H2,1-6H3,(H,67,76)(H,71,77)(H,68,70,72)/t42-,43-,52?,53?,55-,61+/m1/s1. The highest BCUT2D eigenvalue weighted by Crippen LogP contribution is 2.53. The third kappa shape index (κ3) is 15.3. The van der Waals surface area contributed by atoms with Crippen LogP contribution in [0.2, 0.25) is 10.0 Å². The van der Waals surface area contributed by atoms with Crippen LogP contribution in [0.1, 0.15) is 85.8 Å². The van der Waals surface area contributed by atoms with Crippen molar-refractivity contribution in [2.45, 2.75) is 95.0 Å². The van der Waals surface area contributed by atoms with E-state index in [1.807, 2.05) is 70.0 Å². The zero-order valence-electron chi connectivity index (χ0n) is 47.2. The number of carbonyl (C=O) groups excluding carboxylic acids is 2. The molecule has 2 amide bonds. The molecule has 1 aliphatic carbocycles. The number of ether oxygens (including phenoxy) is 5. The molecule has 8 rings (SSSR count). The molecule has 436 valence electrons. The molecule has 0 bridgehead atoms. The van der Waals surface area contributed by atoms with Gasteiger partial charge in [-0.2, -0.15) is 10.4 Å². The maximum Gasteiger partial charge on any atom is 0.251 e. The molecular weight excluding hydrogens is 1090 g/mol. The molecule has 4 atom stereocenters. The fourth-order valence-electron chi connectivity index (χ4n) is 10.9. The Morgan fingerprint density at radius 2 is 1.61 bits per heavy atom. The van der Waals surface area contributed by atoms with Crippen LogP contribution in [0.3, 0.4) is 0 Å². The molecule has 2 unspecified atom stereocenters. The minimum atomic E-state index is -1.81. The summed E-state index contributed by atoms with van der Waals surface area (Å²) in [6.45, 7) is 9.39. The topological polar surface area (TPSA) is 199 Å². The van der Waals surface area contributed by atoms with E-state index in [1.165, 1.54) is 61.2 Å². The summed E-state index contributed by atoms with van der Waals surface area (Å²) in [6, 6.07) is 25.5. The van der Waals surface area contributed by atoms with Crippen LogP contribution in [0, 0.1) is 28.4 Å². The van der Waals surface area contributed by atoms with Crippen molar-refractivity contribution in [1.29, 1.82) is 5.26 Å². The number of anilines is 3. The predicted molar refractivity (Wildman–Crippen MR) is 313 cm³/mol. The molecule has 0 spiro atoms. The minimum Gasteiger partial charge on any atom is -0.495 e. The number of aromatic nitrogens is 4. The van der Waals surface area contributed by atoms with Gasteiger partial charge in [-0.15, -0.1) is 0 Å². The molecule has 4 N–H and O–H groups in total. The predicted octanol–water partition coefficient (Wildman–Crippen LogP) is 10.2. The summed E-state index contributed by atoms with van der Waals surface area (Å²) >= 11 is 12.5. The zero-order valence-corrected chi connectivity index (χ0v) is 48.7. The summed E-state index contributed by atoms with van der Waals surface area (Å²) in [5, 5.41) is 28.3. The minimum absolute atomic E-state index is 0.0405. The number of rotatable bonds is 26. The quantitative estimate of drug-likeness (QED) is 0.0374. The Morgan fingerprint density at radius 3 is 2.29 bits per heavy atom. The van der Waals surface area contributed by atoms with Gasteiger partial charge >= 0.3 is 0 Å². The highest BCUT2D eigenvalue weighted by Gasteiger charge is 2.61. The average molecular weight is 1170 g/mol. The van der Waals surface area contributed by atoms with E-state index in [1.54, 1.807) is 6.20 Å². The van der Waals surface area contributed by atoms with Gasteiger partial charge in [0.2, 0.25) is 11.9 Å². The van der Waals surface area contributed by atoms with E-state index >= 15 is 8.78 Å². The Morgan fingerprint density at radius 1 is 0.890 bits per heavy atom. The molecule has 2 aliphatic rings. The Balaban J connectivity index is 0.720. The third-order valence-electron chi connectivity index (χ3n) is 14.7. The average Bonchev–Trinajstić information content (AvgIpc) is 3.60.